The second-order valence-corrected chi connectivity index (χ2v) is 16.8. The Bertz CT molecular complexity index is 480. The Morgan fingerprint density at radius 1 is 0.844 bits per heavy atom. The molecule has 3 heteroatoms. The van der Waals surface area contributed by atoms with Crippen molar-refractivity contribution in [1.82, 2.24) is 0 Å². The Labute approximate surface area is 203 Å². The zero-order valence-electron chi connectivity index (χ0n) is 22.8. The van der Waals surface area contributed by atoms with Gasteiger partial charge in [0.05, 0.1) is 12.7 Å². The van der Waals surface area contributed by atoms with Gasteiger partial charge in [-0.05, 0) is 62.1 Å². The van der Waals surface area contributed by atoms with Crippen LogP contribution in [-0.2, 0) is 4.43 Å². The Morgan fingerprint density at radius 3 is 1.94 bits per heavy atom. The molecule has 0 bridgehead atoms. The Morgan fingerprint density at radius 2 is 1.38 bits per heavy atom. The van der Waals surface area contributed by atoms with Gasteiger partial charge in [-0.2, -0.15) is 0 Å². The van der Waals surface area contributed by atoms with Gasteiger partial charge in [-0.15, -0.1) is 0 Å². The Hall–Kier alpha value is -0.123. The summed E-state index contributed by atoms with van der Waals surface area (Å²) in [6, 6.07) is 0. The summed E-state index contributed by atoms with van der Waals surface area (Å²) in [6.45, 7) is 13.7. The maximum Gasteiger partial charge on any atom is 0.192 e. The van der Waals surface area contributed by atoms with E-state index in [-0.39, 0.29) is 17.7 Å². The normalized spacial score (nSPS) is 20.2. The van der Waals surface area contributed by atoms with Crippen molar-refractivity contribution in [1.29, 1.82) is 0 Å². The van der Waals surface area contributed by atoms with Crippen molar-refractivity contribution in [2.45, 2.75) is 155 Å². The van der Waals surface area contributed by atoms with Crippen LogP contribution in [0.2, 0.25) is 18.1 Å². The van der Waals surface area contributed by atoms with Crippen molar-refractivity contribution in [3.63, 3.8) is 0 Å². The highest BCUT2D eigenvalue weighted by molar-refractivity contribution is 6.74. The molecule has 0 spiro atoms. The first kappa shape index (κ1) is 29.9. The molecule has 0 aromatic heterocycles. The molecule has 0 heterocycles. The molecule has 190 valence electrons. The number of allylic oxidation sites excluding steroid dienone is 2. The van der Waals surface area contributed by atoms with Gasteiger partial charge < -0.3 is 9.53 Å². The van der Waals surface area contributed by atoms with E-state index in [1.165, 1.54) is 89.9 Å². The minimum atomic E-state index is -1.79. The third-order valence-corrected chi connectivity index (χ3v) is 12.5. The Kier molecular flexibility index (Phi) is 15.4. The summed E-state index contributed by atoms with van der Waals surface area (Å²) in [5.41, 5.74) is 0. The smallest absolute Gasteiger partial charge is 0.192 e. The standard InChI is InChI=1S/C29H58O2Si/c1-7-8-9-10-11-12-15-18-21-26-24-27(26)22-19-16-13-14-17-20-23-28(25-30)31-32(5,6)29(2,3)4/h14,17,26-28,30H,7-13,15-16,18-25H2,1-6H3/b17-14-/t26-,27+,28+/m0/s1. The van der Waals surface area contributed by atoms with E-state index in [1.54, 1.807) is 0 Å². The zero-order valence-corrected chi connectivity index (χ0v) is 23.8. The molecular formula is C29H58O2Si. The van der Waals surface area contributed by atoms with Gasteiger partial charge in [-0.3, -0.25) is 0 Å². The van der Waals surface area contributed by atoms with E-state index in [0.717, 1.165) is 24.7 Å². The van der Waals surface area contributed by atoms with Gasteiger partial charge in [0, 0.05) is 0 Å². The summed E-state index contributed by atoms with van der Waals surface area (Å²) < 4.78 is 6.36. The number of aliphatic hydroxyl groups is 1. The highest BCUT2D eigenvalue weighted by atomic mass is 28.4. The molecule has 0 amide bonds. The molecule has 0 saturated heterocycles. The quantitative estimate of drug-likeness (QED) is 0.110. The summed E-state index contributed by atoms with van der Waals surface area (Å²) in [5, 5.41) is 9.90. The van der Waals surface area contributed by atoms with Crippen LogP contribution in [0.25, 0.3) is 0 Å². The van der Waals surface area contributed by atoms with Crippen LogP contribution in [0, 0.1) is 11.8 Å². The molecule has 2 nitrogen and oxygen atoms in total. The molecule has 0 radical (unpaired) electrons. The molecule has 0 aromatic rings. The summed E-state index contributed by atoms with van der Waals surface area (Å²) in [7, 11) is -1.79. The van der Waals surface area contributed by atoms with E-state index < -0.39 is 8.32 Å². The molecule has 1 N–H and O–H groups in total. The van der Waals surface area contributed by atoms with E-state index in [1.807, 2.05) is 0 Å². The van der Waals surface area contributed by atoms with Crippen LogP contribution in [0.4, 0.5) is 0 Å². The first-order valence-electron chi connectivity index (χ1n) is 14.1. The average molecular weight is 467 g/mol. The fourth-order valence-corrected chi connectivity index (χ4v) is 5.90. The van der Waals surface area contributed by atoms with E-state index in [4.69, 9.17) is 4.43 Å². The number of rotatable bonds is 20. The lowest BCUT2D eigenvalue weighted by Crippen LogP contribution is -2.44. The molecular weight excluding hydrogens is 408 g/mol. The minimum Gasteiger partial charge on any atom is -0.412 e. The zero-order chi connectivity index (χ0) is 23.9. The van der Waals surface area contributed by atoms with E-state index >= 15 is 0 Å². The lowest BCUT2D eigenvalue weighted by molar-refractivity contribution is 0.0968. The van der Waals surface area contributed by atoms with Crippen LogP contribution in [0.5, 0.6) is 0 Å². The molecule has 0 aromatic carbocycles. The topological polar surface area (TPSA) is 29.5 Å². The lowest BCUT2D eigenvalue weighted by atomic mass is 10.0. The number of unbranched alkanes of at least 4 members (excludes halogenated alkanes) is 9. The van der Waals surface area contributed by atoms with Gasteiger partial charge in [0.25, 0.3) is 0 Å². The van der Waals surface area contributed by atoms with Crippen molar-refractivity contribution < 1.29 is 9.53 Å². The second kappa shape index (κ2) is 16.5. The monoisotopic (exact) mass is 466 g/mol. The highest BCUT2D eigenvalue weighted by Crippen LogP contribution is 2.45. The lowest BCUT2D eigenvalue weighted by Gasteiger charge is -2.38. The summed E-state index contributed by atoms with van der Waals surface area (Å²) in [4.78, 5) is 0. The third kappa shape index (κ3) is 13.6. The van der Waals surface area contributed by atoms with Crippen molar-refractivity contribution in [2.75, 3.05) is 6.61 Å². The van der Waals surface area contributed by atoms with Crippen LogP contribution in [0.3, 0.4) is 0 Å². The maximum atomic E-state index is 9.70. The van der Waals surface area contributed by atoms with Crippen LogP contribution in [0.15, 0.2) is 12.2 Å². The molecule has 0 aliphatic heterocycles. The molecule has 1 fully saturated rings. The summed E-state index contributed by atoms with van der Waals surface area (Å²) in [5.74, 6) is 2.13. The molecule has 0 unspecified atom stereocenters. The summed E-state index contributed by atoms with van der Waals surface area (Å²) >= 11 is 0. The van der Waals surface area contributed by atoms with Gasteiger partial charge >= 0.3 is 0 Å². The summed E-state index contributed by atoms with van der Waals surface area (Å²) in [6.07, 6.45) is 26.6. The van der Waals surface area contributed by atoms with E-state index in [9.17, 15) is 5.11 Å². The van der Waals surface area contributed by atoms with Crippen molar-refractivity contribution >= 4 is 8.32 Å². The van der Waals surface area contributed by atoms with Gasteiger partial charge in [0.1, 0.15) is 0 Å². The third-order valence-electron chi connectivity index (χ3n) is 7.99. The van der Waals surface area contributed by atoms with Crippen LogP contribution in [0.1, 0.15) is 130 Å². The van der Waals surface area contributed by atoms with Crippen molar-refractivity contribution in [2.24, 2.45) is 11.8 Å². The van der Waals surface area contributed by atoms with Crippen molar-refractivity contribution in [3.8, 4) is 0 Å². The highest BCUT2D eigenvalue weighted by Gasteiger charge is 2.39. The molecule has 1 aliphatic carbocycles. The molecule has 32 heavy (non-hydrogen) atoms. The van der Waals surface area contributed by atoms with Crippen molar-refractivity contribution in [3.05, 3.63) is 12.2 Å². The predicted octanol–water partition coefficient (Wildman–Crippen LogP) is 9.43. The van der Waals surface area contributed by atoms with Crippen LogP contribution < -0.4 is 0 Å². The minimum absolute atomic E-state index is 0.00611. The molecule has 1 aliphatic rings. The van der Waals surface area contributed by atoms with Gasteiger partial charge in [-0.25, -0.2) is 0 Å². The molecule has 1 rings (SSSR count). The first-order valence-corrected chi connectivity index (χ1v) is 17.1. The van der Waals surface area contributed by atoms with Gasteiger partial charge in [0.2, 0.25) is 0 Å². The number of aliphatic hydroxyl groups excluding tert-OH is 1. The Balaban J connectivity index is 1.96. The van der Waals surface area contributed by atoms with E-state index in [2.05, 4.69) is 52.9 Å². The number of hydrogen-bond donors (Lipinski definition) is 1. The predicted molar refractivity (Wildman–Crippen MR) is 145 cm³/mol. The fraction of sp³-hybridized carbons (Fsp3) is 0.931. The molecule has 1 saturated carbocycles. The largest absolute Gasteiger partial charge is 0.412 e. The van der Waals surface area contributed by atoms with Crippen LogP contribution in [-0.4, -0.2) is 26.1 Å². The van der Waals surface area contributed by atoms with Gasteiger partial charge in [-0.1, -0.05) is 110 Å². The second-order valence-electron chi connectivity index (χ2n) is 12.0. The fourth-order valence-electron chi connectivity index (χ4n) is 4.53. The average Bonchev–Trinajstić information content (AvgIpc) is 3.48. The maximum absolute atomic E-state index is 9.70. The first-order chi connectivity index (χ1) is 15.2. The number of hydrogen-bond acceptors (Lipinski definition) is 2. The van der Waals surface area contributed by atoms with Gasteiger partial charge in [0.15, 0.2) is 8.32 Å². The SMILES string of the molecule is CCCCCCCCCC[C@H]1C[C@H]1CCCC/C=C\CC[C@H](CO)O[Si](C)(C)C(C)(C)C. The van der Waals surface area contributed by atoms with E-state index in [0.29, 0.717) is 0 Å². The molecule has 3 atom stereocenters. The van der Waals surface area contributed by atoms with Crippen LogP contribution >= 0.6 is 0 Å².